The fraction of sp³-hybridized carbons (Fsp3) is 0.324. The van der Waals surface area contributed by atoms with Crippen LogP contribution < -0.4 is 10.2 Å². The molecule has 1 aromatic heterocycles. The van der Waals surface area contributed by atoms with Gasteiger partial charge in [0.2, 0.25) is 11.8 Å². The molecule has 2 N–H and O–H groups in total. The first-order chi connectivity index (χ1) is 23.2. The van der Waals surface area contributed by atoms with E-state index in [0.717, 1.165) is 4.90 Å². The van der Waals surface area contributed by atoms with Gasteiger partial charge in [0.05, 0.1) is 40.9 Å². The normalized spacial score (nSPS) is 27.9. The van der Waals surface area contributed by atoms with Crippen molar-refractivity contribution >= 4 is 52.6 Å². The number of carbonyl (C=O) groups is 4. The number of likely N-dealkylation sites (tertiary alicyclic amines) is 1. The molecule has 0 bridgehead atoms. The van der Waals surface area contributed by atoms with Crippen LogP contribution in [0.25, 0.3) is 0 Å². The van der Waals surface area contributed by atoms with Gasteiger partial charge in [0.1, 0.15) is 0 Å². The van der Waals surface area contributed by atoms with Crippen LogP contribution in [0.5, 0.6) is 11.5 Å². The number of amides is 4. The standard InChI is InChI=1S/C34H27Cl2F3N4O6/c1-42-29(45)20-9-8-19-21(26(20)31(42)47)13-22-30(46)43(41-28-23(36)12-17(14-40-28)34(37,38)39)32(48)33(22,16-4-6-18(35)7-5-16)27(19)15-3-10-24(44)25(11-15)49-2/h3-8,10-12,14,20-22,26-27,44H,9,13H2,1-2H3,(H,40,41)/t20-,21+,22-,26-,27-,33+/m0/s1. The number of nitrogens with one attached hydrogen (secondary N) is 1. The second-order valence-electron chi connectivity index (χ2n) is 12.6. The Labute approximate surface area is 287 Å². The summed E-state index contributed by atoms with van der Waals surface area (Å²) in [6.45, 7) is 0. The average molecular weight is 716 g/mol. The lowest BCUT2D eigenvalue weighted by molar-refractivity contribution is -0.140. The molecule has 4 aliphatic rings. The number of anilines is 1. The molecule has 0 spiro atoms. The highest BCUT2D eigenvalue weighted by Crippen LogP contribution is 2.64. The Bertz CT molecular complexity index is 1970. The largest absolute Gasteiger partial charge is 0.504 e. The highest BCUT2D eigenvalue weighted by atomic mass is 35.5. The van der Waals surface area contributed by atoms with Crippen molar-refractivity contribution in [1.29, 1.82) is 0 Å². The number of imide groups is 2. The predicted octanol–water partition coefficient (Wildman–Crippen LogP) is 5.74. The molecular weight excluding hydrogens is 688 g/mol. The summed E-state index contributed by atoms with van der Waals surface area (Å²) >= 11 is 12.5. The molecule has 2 aromatic carbocycles. The third kappa shape index (κ3) is 4.80. The Hall–Kier alpha value is -4.62. The number of methoxy groups -OCH3 is 1. The van der Waals surface area contributed by atoms with Crippen molar-refractivity contribution in [2.45, 2.75) is 30.4 Å². The molecule has 2 aliphatic heterocycles. The van der Waals surface area contributed by atoms with Crippen LogP contribution in [0.15, 0.2) is 66.4 Å². The molecule has 6 atom stereocenters. The van der Waals surface area contributed by atoms with Gasteiger partial charge in [-0.15, -0.1) is 0 Å². The predicted molar refractivity (Wildman–Crippen MR) is 169 cm³/mol. The number of hydrogen-bond donors (Lipinski definition) is 2. The van der Waals surface area contributed by atoms with E-state index in [2.05, 4.69) is 10.4 Å². The molecular formula is C34H27Cl2F3N4O6. The number of fused-ring (bicyclic) bond motifs is 4. The Balaban J connectivity index is 1.45. The van der Waals surface area contributed by atoms with Gasteiger partial charge in [-0.05, 0) is 60.2 Å². The summed E-state index contributed by atoms with van der Waals surface area (Å²) in [6, 6.07) is 11.6. The first kappa shape index (κ1) is 32.9. The smallest absolute Gasteiger partial charge is 0.417 e. The van der Waals surface area contributed by atoms with E-state index in [4.69, 9.17) is 27.9 Å². The summed E-state index contributed by atoms with van der Waals surface area (Å²) in [5.74, 6) is -6.84. The summed E-state index contributed by atoms with van der Waals surface area (Å²) in [4.78, 5) is 61.3. The molecule has 3 aromatic rings. The number of halogens is 5. The van der Waals surface area contributed by atoms with Gasteiger partial charge in [-0.25, -0.2) is 4.98 Å². The number of ether oxygens (including phenoxy) is 1. The number of phenolic OH excluding ortho intramolecular Hbond substituents is 1. The van der Waals surface area contributed by atoms with Crippen molar-refractivity contribution in [3.63, 3.8) is 0 Å². The average Bonchev–Trinajstić information content (AvgIpc) is 3.42. The van der Waals surface area contributed by atoms with Crippen LogP contribution >= 0.6 is 23.2 Å². The van der Waals surface area contributed by atoms with E-state index in [-0.39, 0.29) is 42.0 Å². The van der Waals surface area contributed by atoms with Crippen LogP contribution in [-0.2, 0) is 30.8 Å². The molecule has 7 rings (SSSR count). The number of rotatable bonds is 5. The summed E-state index contributed by atoms with van der Waals surface area (Å²) in [6.07, 6.45) is -2.14. The number of alkyl halides is 3. The highest BCUT2D eigenvalue weighted by molar-refractivity contribution is 6.33. The van der Waals surface area contributed by atoms with Crippen molar-refractivity contribution in [2.24, 2.45) is 23.7 Å². The van der Waals surface area contributed by atoms with Crippen LogP contribution in [0.3, 0.4) is 0 Å². The lowest BCUT2D eigenvalue weighted by Gasteiger charge is -2.50. The summed E-state index contributed by atoms with van der Waals surface area (Å²) in [5.41, 5.74) is 1.29. The number of hydrazine groups is 1. The van der Waals surface area contributed by atoms with Crippen LogP contribution in [0.2, 0.25) is 10.0 Å². The lowest BCUT2D eigenvalue weighted by Crippen LogP contribution is -2.53. The molecule has 1 saturated carbocycles. The second-order valence-corrected chi connectivity index (χ2v) is 13.4. The molecule has 0 unspecified atom stereocenters. The second kappa shape index (κ2) is 11.5. The molecule has 2 aliphatic carbocycles. The Kier molecular flexibility index (Phi) is 7.71. The zero-order chi connectivity index (χ0) is 35.2. The van der Waals surface area contributed by atoms with Crippen LogP contribution in [0.4, 0.5) is 19.0 Å². The summed E-state index contributed by atoms with van der Waals surface area (Å²) in [7, 11) is 2.78. The fourth-order valence-corrected chi connectivity index (χ4v) is 8.52. The van der Waals surface area contributed by atoms with Gasteiger partial charge in [-0.3, -0.25) is 29.5 Å². The Morgan fingerprint density at radius 3 is 2.37 bits per heavy atom. The van der Waals surface area contributed by atoms with Gasteiger partial charge in [0, 0.05) is 24.2 Å². The number of pyridine rings is 1. The quantitative estimate of drug-likeness (QED) is 0.253. The van der Waals surface area contributed by atoms with E-state index in [1.165, 1.54) is 20.2 Å². The molecule has 49 heavy (non-hydrogen) atoms. The maximum Gasteiger partial charge on any atom is 0.417 e. The van der Waals surface area contributed by atoms with Gasteiger partial charge in [-0.1, -0.05) is 53.1 Å². The fourth-order valence-electron chi connectivity index (χ4n) is 8.19. The maximum absolute atomic E-state index is 15.1. The van der Waals surface area contributed by atoms with Crippen molar-refractivity contribution in [1.82, 2.24) is 14.9 Å². The third-order valence-corrected chi connectivity index (χ3v) is 10.9. The van der Waals surface area contributed by atoms with Crippen LogP contribution in [0.1, 0.15) is 35.4 Å². The van der Waals surface area contributed by atoms with Gasteiger partial charge in [-0.2, -0.15) is 18.2 Å². The molecule has 3 fully saturated rings. The van der Waals surface area contributed by atoms with Crippen LogP contribution in [-0.4, -0.2) is 57.8 Å². The van der Waals surface area contributed by atoms with E-state index in [0.29, 0.717) is 39.0 Å². The van der Waals surface area contributed by atoms with Gasteiger partial charge >= 0.3 is 6.18 Å². The monoisotopic (exact) mass is 714 g/mol. The molecule has 2 saturated heterocycles. The summed E-state index contributed by atoms with van der Waals surface area (Å²) in [5, 5.41) is 11.1. The Morgan fingerprint density at radius 2 is 1.71 bits per heavy atom. The number of hydrogen-bond acceptors (Lipinski definition) is 8. The number of carbonyl (C=O) groups excluding carboxylic acids is 4. The Morgan fingerprint density at radius 1 is 1.00 bits per heavy atom. The molecule has 10 nitrogen and oxygen atoms in total. The lowest BCUT2D eigenvalue weighted by atomic mass is 9.49. The topological polar surface area (TPSA) is 129 Å². The van der Waals surface area contributed by atoms with Gasteiger partial charge in [0.25, 0.3) is 11.8 Å². The maximum atomic E-state index is 15.1. The summed E-state index contributed by atoms with van der Waals surface area (Å²) < 4.78 is 45.5. The minimum absolute atomic E-state index is 0.00880. The van der Waals surface area contributed by atoms with Crippen molar-refractivity contribution < 1.29 is 42.2 Å². The zero-order valence-corrected chi connectivity index (χ0v) is 27.3. The van der Waals surface area contributed by atoms with E-state index < -0.39 is 63.6 Å². The minimum atomic E-state index is -4.74. The van der Waals surface area contributed by atoms with E-state index in [1.54, 1.807) is 36.4 Å². The number of phenols is 1. The highest BCUT2D eigenvalue weighted by Gasteiger charge is 2.70. The van der Waals surface area contributed by atoms with Crippen molar-refractivity contribution in [3.8, 4) is 11.5 Å². The SMILES string of the molecule is COc1cc([C@H]2C3=CC[C@@H]4C(=O)N(C)C(=O)[C@@H]4[C@@H]3C[C@H]3C(=O)N(Nc4ncc(C(F)(F)F)cc4Cl)C(=O)[C@@]23c2ccc(Cl)cc2)ccc1O. The number of nitrogens with zero attached hydrogens (tertiary/aromatic N) is 3. The number of allylic oxidation sites excluding steroid dienone is 2. The molecule has 0 radical (unpaired) electrons. The van der Waals surface area contributed by atoms with E-state index >= 15 is 4.79 Å². The minimum Gasteiger partial charge on any atom is -0.504 e. The van der Waals surface area contributed by atoms with Crippen molar-refractivity contribution in [2.75, 3.05) is 19.6 Å². The zero-order valence-electron chi connectivity index (χ0n) is 25.8. The first-order valence-electron chi connectivity index (χ1n) is 15.2. The molecule has 3 heterocycles. The van der Waals surface area contributed by atoms with Crippen LogP contribution in [0, 0.1) is 23.7 Å². The molecule has 15 heteroatoms. The molecule has 4 amide bonds. The number of aromatic hydroxyl groups is 1. The van der Waals surface area contributed by atoms with Gasteiger partial charge < -0.3 is 9.84 Å². The van der Waals surface area contributed by atoms with E-state index in [9.17, 15) is 32.7 Å². The number of aromatic nitrogens is 1. The number of benzene rings is 2. The first-order valence-corrected chi connectivity index (χ1v) is 16.0. The third-order valence-electron chi connectivity index (χ3n) is 10.3. The van der Waals surface area contributed by atoms with Gasteiger partial charge in [0.15, 0.2) is 17.3 Å². The molecule has 254 valence electrons. The van der Waals surface area contributed by atoms with Crippen molar-refractivity contribution in [3.05, 3.63) is 93.1 Å². The van der Waals surface area contributed by atoms with E-state index in [1.807, 2.05) is 6.08 Å².